The molecule has 2 heteroatoms. The molecule has 0 spiro atoms. The van der Waals surface area contributed by atoms with Crippen LogP contribution in [0.3, 0.4) is 0 Å². The molecule has 0 aliphatic heterocycles. The van der Waals surface area contributed by atoms with Crippen LogP contribution in [0, 0.1) is 5.92 Å². The van der Waals surface area contributed by atoms with Crippen LogP contribution in [0.4, 0.5) is 0 Å². The second-order valence-electron chi connectivity index (χ2n) is 5.45. The van der Waals surface area contributed by atoms with Gasteiger partial charge in [-0.25, -0.2) is 0 Å². The van der Waals surface area contributed by atoms with E-state index in [4.69, 9.17) is 10.5 Å². The normalized spacial score (nSPS) is 32.4. The first-order valence-electron chi connectivity index (χ1n) is 6.54. The lowest BCUT2D eigenvalue weighted by Gasteiger charge is -2.43. The first kappa shape index (κ1) is 13.7. The molecule has 1 atom stereocenters. The van der Waals surface area contributed by atoms with Crippen molar-refractivity contribution in [2.75, 3.05) is 6.61 Å². The summed E-state index contributed by atoms with van der Waals surface area (Å²) in [5, 5.41) is 0. The highest BCUT2D eigenvalue weighted by Gasteiger charge is 2.39. The molecule has 0 aromatic rings. The molecule has 94 valence electrons. The smallest absolute Gasteiger partial charge is 0.0835 e. The second kappa shape index (κ2) is 5.83. The van der Waals surface area contributed by atoms with Crippen LogP contribution in [-0.2, 0) is 4.74 Å². The average molecular weight is 225 g/mol. The summed E-state index contributed by atoms with van der Waals surface area (Å²) in [6.45, 7) is 11.2. The highest BCUT2D eigenvalue weighted by molar-refractivity contribution is 5.02. The van der Waals surface area contributed by atoms with E-state index in [1.54, 1.807) is 0 Å². The fourth-order valence-electron chi connectivity index (χ4n) is 2.72. The zero-order valence-corrected chi connectivity index (χ0v) is 11.1. The Morgan fingerprint density at radius 2 is 2.06 bits per heavy atom. The Kier molecular flexibility index (Phi) is 5.00. The van der Waals surface area contributed by atoms with Crippen LogP contribution < -0.4 is 5.73 Å². The lowest BCUT2D eigenvalue weighted by Crippen LogP contribution is -2.52. The molecule has 1 fully saturated rings. The van der Waals surface area contributed by atoms with Crippen molar-refractivity contribution < 1.29 is 4.74 Å². The van der Waals surface area contributed by atoms with Crippen molar-refractivity contribution in [2.24, 2.45) is 11.7 Å². The summed E-state index contributed by atoms with van der Waals surface area (Å²) in [4.78, 5) is 0. The summed E-state index contributed by atoms with van der Waals surface area (Å²) in [5.41, 5.74) is 7.40. The Labute approximate surface area is 100 Å². The maximum absolute atomic E-state index is 6.33. The second-order valence-corrected chi connectivity index (χ2v) is 5.45. The number of nitrogens with two attached hydrogens (primary N) is 1. The van der Waals surface area contributed by atoms with E-state index < -0.39 is 0 Å². The molecule has 1 unspecified atom stereocenters. The molecule has 1 saturated carbocycles. The minimum absolute atomic E-state index is 0.0831. The lowest BCUT2D eigenvalue weighted by molar-refractivity contribution is -0.0883. The van der Waals surface area contributed by atoms with Crippen molar-refractivity contribution in [3.05, 3.63) is 12.2 Å². The topological polar surface area (TPSA) is 35.2 Å². The molecule has 1 aliphatic rings. The Hall–Kier alpha value is -0.340. The molecule has 1 rings (SSSR count). The van der Waals surface area contributed by atoms with Gasteiger partial charge in [-0.2, -0.15) is 0 Å². The fourth-order valence-corrected chi connectivity index (χ4v) is 2.72. The van der Waals surface area contributed by atoms with Crippen molar-refractivity contribution in [2.45, 2.75) is 64.5 Å². The highest BCUT2D eigenvalue weighted by atomic mass is 16.5. The van der Waals surface area contributed by atoms with Gasteiger partial charge in [0.1, 0.15) is 0 Å². The zero-order chi connectivity index (χ0) is 12.2. The predicted octanol–water partition coefficient (Wildman–Crippen LogP) is 3.27. The molecule has 2 N–H and O–H groups in total. The Morgan fingerprint density at radius 1 is 1.50 bits per heavy atom. The number of ether oxygens (including phenoxy) is 1. The van der Waals surface area contributed by atoms with Gasteiger partial charge in [0.15, 0.2) is 0 Å². The molecule has 0 radical (unpaired) electrons. The van der Waals surface area contributed by atoms with E-state index in [1.165, 1.54) is 12.8 Å². The van der Waals surface area contributed by atoms with Gasteiger partial charge >= 0.3 is 0 Å². The third-order valence-electron chi connectivity index (χ3n) is 3.80. The molecule has 16 heavy (non-hydrogen) atoms. The Bertz CT molecular complexity index is 229. The van der Waals surface area contributed by atoms with E-state index in [0.29, 0.717) is 0 Å². The van der Waals surface area contributed by atoms with E-state index in [-0.39, 0.29) is 11.6 Å². The van der Waals surface area contributed by atoms with E-state index >= 15 is 0 Å². The molecule has 0 amide bonds. The molecular weight excluding hydrogens is 198 g/mol. The van der Waals surface area contributed by atoms with Crippen LogP contribution in [0.1, 0.15) is 52.9 Å². The predicted molar refractivity (Wildman–Crippen MR) is 69.4 cm³/mol. The maximum atomic E-state index is 6.33. The summed E-state index contributed by atoms with van der Waals surface area (Å²) in [5.74, 6) is 0.825. The van der Waals surface area contributed by atoms with E-state index in [1.807, 2.05) is 6.92 Å². The SMILES string of the molecule is C=C(C)CC(N)C1(OCC)CCC(C)CC1. The highest BCUT2D eigenvalue weighted by Crippen LogP contribution is 2.38. The molecular formula is C14H27NO. The maximum Gasteiger partial charge on any atom is 0.0835 e. The molecule has 0 aromatic carbocycles. The Balaban J connectivity index is 2.67. The number of rotatable bonds is 5. The minimum Gasteiger partial charge on any atom is -0.374 e. The van der Waals surface area contributed by atoms with Crippen molar-refractivity contribution in [1.29, 1.82) is 0 Å². The molecule has 0 bridgehead atoms. The van der Waals surface area contributed by atoms with Crippen molar-refractivity contribution in [1.82, 2.24) is 0 Å². The van der Waals surface area contributed by atoms with E-state index in [9.17, 15) is 0 Å². The summed E-state index contributed by atoms with van der Waals surface area (Å²) < 4.78 is 6.02. The van der Waals surface area contributed by atoms with Crippen LogP contribution in [0.5, 0.6) is 0 Å². The molecule has 2 nitrogen and oxygen atoms in total. The van der Waals surface area contributed by atoms with Crippen LogP contribution in [0.2, 0.25) is 0 Å². The third-order valence-corrected chi connectivity index (χ3v) is 3.80. The lowest BCUT2D eigenvalue weighted by atomic mass is 9.74. The first-order chi connectivity index (χ1) is 7.50. The molecule has 1 aliphatic carbocycles. The first-order valence-corrected chi connectivity index (χ1v) is 6.54. The van der Waals surface area contributed by atoms with Crippen LogP contribution in [-0.4, -0.2) is 18.2 Å². The molecule has 0 aromatic heterocycles. The van der Waals surface area contributed by atoms with Crippen LogP contribution in [0.25, 0.3) is 0 Å². The van der Waals surface area contributed by atoms with Crippen LogP contribution >= 0.6 is 0 Å². The number of hydrogen-bond donors (Lipinski definition) is 1. The third kappa shape index (κ3) is 3.33. The zero-order valence-electron chi connectivity index (χ0n) is 11.1. The van der Waals surface area contributed by atoms with Gasteiger partial charge in [0, 0.05) is 12.6 Å². The van der Waals surface area contributed by atoms with Gasteiger partial charge in [0.25, 0.3) is 0 Å². The van der Waals surface area contributed by atoms with Crippen molar-refractivity contribution in [3.8, 4) is 0 Å². The van der Waals surface area contributed by atoms with Gasteiger partial charge in [-0.15, -0.1) is 6.58 Å². The summed E-state index contributed by atoms with van der Waals surface area (Å²) >= 11 is 0. The number of hydrogen-bond acceptors (Lipinski definition) is 2. The minimum atomic E-state index is -0.0831. The van der Waals surface area contributed by atoms with Gasteiger partial charge in [-0.1, -0.05) is 12.5 Å². The van der Waals surface area contributed by atoms with Crippen molar-refractivity contribution >= 4 is 0 Å². The van der Waals surface area contributed by atoms with Gasteiger partial charge in [-0.05, 0) is 51.9 Å². The molecule has 0 saturated heterocycles. The monoisotopic (exact) mass is 225 g/mol. The quantitative estimate of drug-likeness (QED) is 0.729. The van der Waals surface area contributed by atoms with E-state index in [0.717, 1.165) is 37.4 Å². The summed E-state index contributed by atoms with van der Waals surface area (Å²) in [6, 6.07) is 0.109. The largest absolute Gasteiger partial charge is 0.374 e. The Morgan fingerprint density at radius 3 is 2.50 bits per heavy atom. The average Bonchev–Trinajstić information content (AvgIpc) is 2.21. The van der Waals surface area contributed by atoms with Gasteiger partial charge in [0.2, 0.25) is 0 Å². The van der Waals surface area contributed by atoms with Crippen LogP contribution in [0.15, 0.2) is 12.2 Å². The summed E-state index contributed by atoms with van der Waals surface area (Å²) in [6.07, 6.45) is 5.58. The standard InChI is InChI=1S/C14H27NO/c1-5-16-14(13(15)10-11(2)3)8-6-12(4)7-9-14/h12-13H,2,5-10,15H2,1,3-4H3. The van der Waals surface area contributed by atoms with Crippen molar-refractivity contribution in [3.63, 3.8) is 0 Å². The van der Waals surface area contributed by atoms with Gasteiger partial charge in [0.05, 0.1) is 5.60 Å². The fraction of sp³-hybridized carbons (Fsp3) is 0.857. The van der Waals surface area contributed by atoms with Gasteiger partial charge < -0.3 is 10.5 Å². The van der Waals surface area contributed by atoms with Gasteiger partial charge in [-0.3, -0.25) is 0 Å². The molecule has 0 heterocycles. The summed E-state index contributed by atoms with van der Waals surface area (Å²) in [7, 11) is 0. The van der Waals surface area contributed by atoms with E-state index in [2.05, 4.69) is 20.4 Å².